The van der Waals surface area contributed by atoms with E-state index in [1.165, 1.54) is 58.1 Å². The highest BCUT2D eigenvalue weighted by Gasteiger charge is 2.28. The summed E-state index contributed by atoms with van der Waals surface area (Å²) >= 11 is 1.80. The Morgan fingerprint density at radius 3 is 1.69 bits per heavy atom. The minimum absolute atomic E-state index is 0. The summed E-state index contributed by atoms with van der Waals surface area (Å²) in [7, 11) is 0. The first kappa shape index (κ1) is 27.4. The van der Waals surface area contributed by atoms with E-state index in [1.807, 2.05) is 0 Å². The minimum Gasteiger partial charge on any atom is -1.00 e. The number of carbonyl (C=O) groups is 1. The Hall–Kier alpha value is -2.60. The largest absolute Gasteiger partial charge is 1.00 e. The average molecular weight is 513 g/mol. The van der Waals surface area contributed by atoms with E-state index in [1.54, 1.807) is 11.3 Å². The number of benzene rings is 3. The van der Waals surface area contributed by atoms with Crippen LogP contribution in [0.25, 0.3) is 27.5 Å². The molecule has 0 fully saturated rings. The highest BCUT2D eigenvalue weighted by molar-refractivity contribution is 7.13. The predicted molar refractivity (Wildman–Crippen MR) is 131 cm³/mol. The Morgan fingerprint density at radius 1 is 0.781 bits per heavy atom. The second-order valence-electron chi connectivity index (χ2n) is 7.65. The van der Waals surface area contributed by atoms with Crippen molar-refractivity contribution in [3.05, 3.63) is 94.9 Å². The van der Waals surface area contributed by atoms with Crippen LogP contribution in [0.2, 0.25) is 0 Å². The first-order valence-corrected chi connectivity index (χ1v) is 11.0. The smallest absolute Gasteiger partial charge is 0.275 e. The van der Waals surface area contributed by atoms with Crippen molar-refractivity contribution >= 4 is 17.1 Å². The van der Waals surface area contributed by atoms with E-state index in [-0.39, 0.29) is 28.2 Å². The number of aromatic nitrogens is 1. The third-order valence-electron chi connectivity index (χ3n) is 4.68. The number of ketones is 1. The van der Waals surface area contributed by atoms with Crippen molar-refractivity contribution < 1.29 is 31.8 Å². The molecule has 2 N–H and O–H groups in total. The molecule has 0 amide bonds. The molecule has 0 atom stereocenters. The summed E-state index contributed by atoms with van der Waals surface area (Å²) < 4.78 is 2.43. The first-order valence-electron chi connectivity index (χ1n) is 10.1. The maximum atomic E-state index is 9.44. The standard InChI is InChI=1S/C24H22NS.C3H6O.BrH.H2O/c1-17-14-18(2)23(19(3)15-17)25-22(20-10-6-4-7-11-20)16-26-24(25)21-12-8-5-9-13-21;1-3(2)4;;/h4-16H,1-3H3;1-2H3;1H;1H2/q+1;;;/p-1. The number of nitrogens with zero attached hydrogens (tertiary/aromatic N) is 1. The second kappa shape index (κ2) is 12.4. The predicted octanol–water partition coefficient (Wildman–Crippen LogP) is 3.06. The Balaban J connectivity index is 0.000000790. The molecule has 32 heavy (non-hydrogen) atoms. The van der Waals surface area contributed by atoms with Crippen LogP contribution in [-0.2, 0) is 4.79 Å². The van der Waals surface area contributed by atoms with Crippen LogP contribution in [0.4, 0.5) is 0 Å². The minimum atomic E-state index is 0. The van der Waals surface area contributed by atoms with Crippen molar-refractivity contribution in [2.75, 3.05) is 0 Å². The van der Waals surface area contributed by atoms with Gasteiger partial charge in [-0.2, -0.15) is 0 Å². The lowest BCUT2D eigenvalue weighted by Gasteiger charge is -2.09. The van der Waals surface area contributed by atoms with Gasteiger partial charge in [-0.3, -0.25) is 0 Å². The van der Waals surface area contributed by atoms with E-state index < -0.39 is 0 Å². The summed E-state index contributed by atoms with van der Waals surface area (Å²) in [5.74, 6) is 0.167. The van der Waals surface area contributed by atoms with Crippen molar-refractivity contribution in [1.82, 2.24) is 0 Å². The molecule has 0 saturated heterocycles. The fraction of sp³-hybridized carbons (Fsp3) is 0.185. The van der Waals surface area contributed by atoms with Crippen LogP contribution in [0.1, 0.15) is 30.5 Å². The highest BCUT2D eigenvalue weighted by atomic mass is 79.9. The van der Waals surface area contributed by atoms with Gasteiger partial charge in [-0.15, -0.1) is 4.57 Å². The zero-order valence-electron chi connectivity index (χ0n) is 19.1. The summed E-state index contributed by atoms with van der Waals surface area (Å²) in [5, 5.41) is 3.54. The van der Waals surface area contributed by atoms with Crippen LogP contribution in [0.3, 0.4) is 0 Å². The first-order chi connectivity index (χ1) is 14.4. The van der Waals surface area contributed by atoms with Crippen molar-refractivity contribution in [1.29, 1.82) is 0 Å². The van der Waals surface area contributed by atoms with Crippen LogP contribution in [-0.4, -0.2) is 11.3 Å². The summed E-state index contributed by atoms with van der Waals surface area (Å²) in [4.78, 5) is 9.44. The second-order valence-corrected chi connectivity index (χ2v) is 8.51. The molecule has 0 saturated carbocycles. The van der Waals surface area contributed by atoms with E-state index in [2.05, 4.69) is 104 Å². The number of hydrogen-bond acceptors (Lipinski definition) is 2. The van der Waals surface area contributed by atoms with Gasteiger partial charge in [0.25, 0.3) is 5.01 Å². The number of rotatable bonds is 3. The molecule has 168 valence electrons. The van der Waals surface area contributed by atoms with E-state index in [9.17, 15) is 4.79 Å². The molecule has 0 unspecified atom stereocenters. The molecule has 0 spiro atoms. The van der Waals surface area contributed by atoms with Crippen LogP contribution in [0.15, 0.2) is 78.2 Å². The van der Waals surface area contributed by atoms with Crippen LogP contribution in [0.5, 0.6) is 0 Å². The molecule has 0 radical (unpaired) electrons. The molecule has 1 aromatic heterocycles. The molecule has 3 nitrogen and oxygen atoms in total. The monoisotopic (exact) mass is 511 g/mol. The zero-order valence-corrected chi connectivity index (χ0v) is 21.5. The van der Waals surface area contributed by atoms with Gasteiger partial charge in [0.2, 0.25) is 11.4 Å². The summed E-state index contributed by atoms with van der Waals surface area (Å²) in [5.41, 5.74) is 8.94. The van der Waals surface area contributed by atoms with Crippen LogP contribution < -0.4 is 21.5 Å². The molecule has 5 heteroatoms. The third-order valence-corrected chi connectivity index (χ3v) is 5.66. The molecule has 3 aromatic carbocycles. The molecule has 4 rings (SSSR count). The van der Waals surface area contributed by atoms with Gasteiger partial charge in [-0.1, -0.05) is 53.3 Å². The summed E-state index contributed by atoms with van der Waals surface area (Å²) in [6.07, 6.45) is 0. The fourth-order valence-corrected chi connectivity index (χ4v) is 4.69. The molecular weight excluding hydrogens is 482 g/mol. The number of Topliss-reactive ketones (excluding diaryl/α,β-unsaturated/α-hetero) is 1. The molecule has 4 aromatic rings. The molecule has 0 aliphatic heterocycles. The van der Waals surface area contributed by atoms with E-state index in [0.717, 1.165) is 0 Å². The van der Waals surface area contributed by atoms with Gasteiger partial charge in [0.05, 0.1) is 10.9 Å². The summed E-state index contributed by atoms with van der Waals surface area (Å²) in [6.45, 7) is 9.64. The van der Waals surface area contributed by atoms with E-state index >= 15 is 0 Å². The van der Waals surface area contributed by atoms with Crippen LogP contribution >= 0.6 is 11.3 Å². The third kappa shape index (κ3) is 6.45. The SMILES string of the molecule is CC(C)=O.Cc1cc(C)c(-[n+]2c(-c3ccccc3)csc2-c2ccccc2)c(C)c1.O.[Br-]. The number of hydrogen-bond donors (Lipinski definition) is 0. The van der Waals surface area contributed by atoms with Crippen molar-refractivity contribution in [2.45, 2.75) is 34.6 Å². The maximum absolute atomic E-state index is 9.44. The van der Waals surface area contributed by atoms with E-state index in [0.29, 0.717) is 0 Å². The number of halogens is 1. The van der Waals surface area contributed by atoms with Gasteiger partial charge in [0.15, 0.2) is 0 Å². The van der Waals surface area contributed by atoms with Gasteiger partial charge in [0.1, 0.15) is 5.78 Å². The van der Waals surface area contributed by atoms with Crippen molar-refractivity contribution in [3.8, 4) is 27.5 Å². The lowest BCUT2D eigenvalue weighted by molar-refractivity contribution is -0.568. The summed E-state index contributed by atoms with van der Waals surface area (Å²) in [6, 6.07) is 25.9. The Kier molecular flexibility index (Phi) is 10.7. The van der Waals surface area contributed by atoms with Gasteiger partial charge >= 0.3 is 0 Å². The molecule has 0 aliphatic rings. The Labute approximate surface area is 205 Å². The van der Waals surface area contributed by atoms with Gasteiger partial charge in [0, 0.05) is 16.7 Å². The Bertz CT molecular complexity index is 1070. The van der Waals surface area contributed by atoms with Crippen LogP contribution in [0, 0.1) is 20.8 Å². The van der Waals surface area contributed by atoms with E-state index in [4.69, 9.17) is 0 Å². The number of carbonyl (C=O) groups excluding carboxylic acids is 1. The molecular formula is C27H30BrNO2S. The number of aryl methyl sites for hydroxylation is 3. The molecule has 0 aliphatic carbocycles. The van der Waals surface area contributed by atoms with Gasteiger partial charge < -0.3 is 27.3 Å². The van der Waals surface area contributed by atoms with Gasteiger partial charge in [-0.05, 0) is 71.0 Å². The normalized spacial score (nSPS) is 9.66. The lowest BCUT2D eigenvalue weighted by Crippen LogP contribution is -3.00. The fourth-order valence-electron chi connectivity index (χ4n) is 3.66. The lowest BCUT2D eigenvalue weighted by atomic mass is 10.0. The maximum Gasteiger partial charge on any atom is 0.275 e. The molecule has 1 heterocycles. The molecule has 0 bridgehead atoms. The highest BCUT2D eigenvalue weighted by Crippen LogP contribution is 2.31. The quantitative estimate of drug-likeness (QED) is 0.390. The topological polar surface area (TPSA) is 52.5 Å². The van der Waals surface area contributed by atoms with Crippen molar-refractivity contribution in [2.24, 2.45) is 0 Å². The zero-order chi connectivity index (χ0) is 21.7. The average Bonchev–Trinajstić information content (AvgIpc) is 3.13. The van der Waals surface area contributed by atoms with Crippen molar-refractivity contribution in [3.63, 3.8) is 0 Å². The number of thiazole rings is 1. The Morgan fingerprint density at radius 2 is 1.22 bits per heavy atom. The van der Waals surface area contributed by atoms with Gasteiger partial charge in [-0.25, -0.2) is 0 Å².